The highest BCUT2D eigenvalue weighted by atomic mass is 19.4. The Bertz CT molecular complexity index is 458. The first-order valence-electron chi connectivity index (χ1n) is 6.40. The summed E-state index contributed by atoms with van der Waals surface area (Å²) in [5, 5.41) is 4.81. The van der Waals surface area contributed by atoms with Crippen LogP contribution in [0.25, 0.3) is 0 Å². The molecule has 0 radical (unpaired) electrons. The van der Waals surface area contributed by atoms with Crippen LogP contribution in [0.3, 0.4) is 0 Å². The van der Waals surface area contributed by atoms with Crippen LogP contribution in [0.15, 0.2) is 24.3 Å². The Labute approximate surface area is 116 Å². The summed E-state index contributed by atoms with van der Waals surface area (Å²) in [6.07, 6.45) is -4.40. The smallest absolute Gasteiger partial charge is 0.374 e. The minimum Gasteiger partial charge on any atom is -0.374 e. The third kappa shape index (κ3) is 5.11. The minimum atomic E-state index is -4.40. The Morgan fingerprint density at radius 1 is 1.20 bits per heavy atom. The van der Waals surface area contributed by atoms with E-state index in [1.54, 1.807) is 0 Å². The van der Waals surface area contributed by atoms with Crippen LogP contribution in [0.2, 0.25) is 0 Å². The number of carbonyl (C=O) groups excluding carboxylic acids is 1. The van der Waals surface area contributed by atoms with Gasteiger partial charge in [0, 0.05) is 5.69 Å². The van der Waals surface area contributed by atoms with Gasteiger partial charge in [-0.15, -0.1) is 0 Å². The zero-order chi connectivity index (χ0) is 15.3. The van der Waals surface area contributed by atoms with Gasteiger partial charge in [0.05, 0.1) is 0 Å². The van der Waals surface area contributed by atoms with E-state index in [2.05, 4.69) is 5.32 Å². The Hall–Kier alpha value is -1.72. The van der Waals surface area contributed by atoms with Gasteiger partial charge in [-0.1, -0.05) is 32.0 Å². The van der Waals surface area contributed by atoms with E-state index in [-0.39, 0.29) is 5.92 Å². The van der Waals surface area contributed by atoms with Crippen LogP contribution < -0.4 is 10.6 Å². The Morgan fingerprint density at radius 2 is 1.80 bits per heavy atom. The molecule has 2 N–H and O–H groups in total. The van der Waals surface area contributed by atoms with Gasteiger partial charge in [0.25, 0.3) is 0 Å². The maximum Gasteiger partial charge on any atom is 0.405 e. The number of hydrogen-bond acceptors (Lipinski definition) is 2. The van der Waals surface area contributed by atoms with E-state index in [4.69, 9.17) is 0 Å². The summed E-state index contributed by atoms with van der Waals surface area (Å²) in [5.74, 6) is -0.426. The van der Waals surface area contributed by atoms with Crippen molar-refractivity contribution in [2.45, 2.75) is 38.9 Å². The van der Waals surface area contributed by atoms with E-state index in [1.807, 2.05) is 43.4 Å². The van der Waals surface area contributed by atoms with E-state index in [1.165, 1.54) is 6.92 Å². The number of carbonyl (C=O) groups is 1. The second kappa shape index (κ2) is 6.63. The number of anilines is 1. The molecule has 1 unspecified atom stereocenters. The summed E-state index contributed by atoms with van der Waals surface area (Å²) in [6.45, 7) is 4.23. The average Bonchev–Trinajstić information content (AvgIpc) is 2.35. The van der Waals surface area contributed by atoms with Crippen LogP contribution in [0.1, 0.15) is 32.3 Å². The van der Waals surface area contributed by atoms with E-state index >= 15 is 0 Å². The summed E-state index contributed by atoms with van der Waals surface area (Å²) in [5.41, 5.74) is 1.78. The molecule has 1 aromatic carbocycles. The number of amides is 1. The molecule has 3 nitrogen and oxygen atoms in total. The molecular formula is C14H19F3N2O. The standard InChI is InChI=1S/C14H19F3N2O/c1-9(2)11-6-4-5-7-12(11)19-10(3)13(20)18-8-14(15,16)17/h4-7,9-10,19H,8H2,1-3H3,(H,18,20). The Kier molecular flexibility index (Phi) is 5.42. The normalized spacial score (nSPS) is 13.2. The van der Waals surface area contributed by atoms with Gasteiger partial charge in [0.1, 0.15) is 12.6 Å². The van der Waals surface area contributed by atoms with Crippen molar-refractivity contribution >= 4 is 11.6 Å². The molecule has 0 saturated heterocycles. The van der Waals surface area contributed by atoms with E-state index in [0.29, 0.717) is 0 Å². The van der Waals surface area contributed by atoms with Crippen LogP contribution in [0, 0.1) is 0 Å². The molecule has 0 aromatic heterocycles. The lowest BCUT2D eigenvalue weighted by Gasteiger charge is -2.19. The van der Waals surface area contributed by atoms with Crippen LogP contribution in [-0.4, -0.2) is 24.7 Å². The lowest BCUT2D eigenvalue weighted by molar-refractivity contribution is -0.138. The van der Waals surface area contributed by atoms with Crippen molar-refractivity contribution in [3.05, 3.63) is 29.8 Å². The molecule has 1 rings (SSSR count). The fourth-order valence-electron chi connectivity index (χ4n) is 1.77. The van der Waals surface area contributed by atoms with Crippen LogP contribution in [-0.2, 0) is 4.79 Å². The van der Waals surface area contributed by atoms with Crippen molar-refractivity contribution < 1.29 is 18.0 Å². The third-order valence-corrected chi connectivity index (χ3v) is 2.81. The van der Waals surface area contributed by atoms with Crippen molar-refractivity contribution in [2.24, 2.45) is 0 Å². The zero-order valence-electron chi connectivity index (χ0n) is 11.7. The van der Waals surface area contributed by atoms with Gasteiger partial charge in [-0.05, 0) is 24.5 Å². The lowest BCUT2D eigenvalue weighted by atomic mass is 10.0. The van der Waals surface area contributed by atoms with Gasteiger partial charge >= 0.3 is 6.18 Å². The molecule has 20 heavy (non-hydrogen) atoms. The number of nitrogens with one attached hydrogen (secondary N) is 2. The molecule has 6 heteroatoms. The second-order valence-corrected chi connectivity index (χ2v) is 4.94. The maximum atomic E-state index is 12.0. The largest absolute Gasteiger partial charge is 0.405 e. The van der Waals surface area contributed by atoms with Gasteiger partial charge in [0.15, 0.2) is 0 Å². The van der Waals surface area contributed by atoms with Crippen molar-refractivity contribution in [3.8, 4) is 0 Å². The molecule has 0 spiro atoms. The molecule has 0 aliphatic carbocycles. The first-order valence-corrected chi connectivity index (χ1v) is 6.40. The fraction of sp³-hybridized carbons (Fsp3) is 0.500. The number of rotatable bonds is 5. The number of halogens is 3. The predicted molar refractivity (Wildman–Crippen MR) is 72.7 cm³/mol. The van der Waals surface area contributed by atoms with Crippen LogP contribution in [0.4, 0.5) is 18.9 Å². The highest BCUT2D eigenvalue weighted by molar-refractivity contribution is 5.84. The topological polar surface area (TPSA) is 41.1 Å². The Morgan fingerprint density at radius 3 is 2.35 bits per heavy atom. The fourth-order valence-corrected chi connectivity index (χ4v) is 1.77. The van der Waals surface area contributed by atoms with Gasteiger partial charge < -0.3 is 10.6 Å². The number of hydrogen-bond donors (Lipinski definition) is 2. The molecule has 0 aliphatic heterocycles. The molecule has 0 aliphatic rings. The quantitative estimate of drug-likeness (QED) is 0.873. The maximum absolute atomic E-state index is 12.0. The SMILES string of the molecule is CC(Nc1ccccc1C(C)C)C(=O)NCC(F)(F)F. The average molecular weight is 288 g/mol. The highest BCUT2D eigenvalue weighted by Gasteiger charge is 2.28. The van der Waals surface area contributed by atoms with Crippen molar-refractivity contribution in [1.29, 1.82) is 0 Å². The molecule has 0 saturated carbocycles. The molecule has 0 bridgehead atoms. The summed E-state index contributed by atoms with van der Waals surface area (Å²) >= 11 is 0. The van der Waals surface area contributed by atoms with Crippen molar-refractivity contribution in [2.75, 3.05) is 11.9 Å². The summed E-state index contributed by atoms with van der Waals surface area (Å²) in [6, 6.07) is 6.69. The van der Waals surface area contributed by atoms with Crippen LogP contribution in [0.5, 0.6) is 0 Å². The number of para-hydroxylation sites is 1. The van der Waals surface area contributed by atoms with Gasteiger partial charge in [-0.25, -0.2) is 0 Å². The minimum absolute atomic E-state index is 0.254. The monoisotopic (exact) mass is 288 g/mol. The predicted octanol–water partition coefficient (Wildman–Crippen LogP) is 3.29. The molecule has 1 amide bonds. The van der Waals surface area contributed by atoms with Crippen molar-refractivity contribution in [1.82, 2.24) is 5.32 Å². The number of alkyl halides is 3. The lowest BCUT2D eigenvalue weighted by Crippen LogP contribution is -2.42. The first-order chi connectivity index (χ1) is 9.20. The second-order valence-electron chi connectivity index (χ2n) is 4.94. The van der Waals surface area contributed by atoms with Gasteiger partial charge in [0.2, 0.25) is 5.91 Å². The molecular weight excluding hydrogens is 269 g/mol. The molecule has 0 heterocycles. The van der Waals surface area contributed by atoms with E-state index in [0.717, 1.165) is 11.3 Å². The summed E-state index contributed by atoms with van der Waals surface area (Å²) in [4.78, 5) is 11.6. The van der Waals surface area contributed by atoms with E-state index < -0.39 is 24.7 Å². The summed E-state index contributed by atoms with van der Waals surface area (Å²) in [7, 11) is 0. The first kappa shape index (κ1) is 16.3. The van der Waals surface area contributed by atoms with Gasteiger partial charge in [-0.3, -0.25) is 4.79 Å². The molecule has 112 valence electrons. The molecule has 0 fully saturated rings. The molecule has 1 atom stereocenters. The van der Waals surface area contributed by atoms with E-state index in [9.17, 15) is 18.0 Å². The highest BCUT2D eigenvalue weighted by Crippen LogP contribution is 2.24. The third-order valence-electron chi connectivity index (χ3n) is 2.81. The Balaban J connectivity index is 2.66. The summed E-state index contributed by atoms with van der Waals surface area (Å²) < 4.78 is 36.1. The van der Waals surface area contributed by atoms with Crippen molar-refractivity contribution in [3.63, 3.8) is 0 Å². The molecule has 1 aromatic rings. The van der Waals surface area contributed by atoms with Crippen LogP contribution >= 0.6 is 0 Å². The number of benzene rings is 1. The zero-order valence-corrected chi connectivity index (χ0v) is 11.7. The van der Waals surface area contributed by atoms with Gasteiger partial charge in [-0.2, -0.15) is 13.2 Å².